The molecule has 0 amide bonds. The molecule has 0 N–H and O–H groups in total. The van der Waals surface area contributed by atoms with E-state index in [1.54, 1.807) is 11.3 Å². The Kier molecular flexibility index (Phi) is 7.39. The highest BCUT2D eigenvalue weighted by Crippen LogP contribution is 2.27. The van der Waals surface area contributed by atoms with Crippen LogP contribution in [0.1, 0.15) is 54.2 Å². The van der Waals surface area contributed by atoms with Crippen molar-refractivity contribution in [3.63, 3.8) is 0 Å². The monoisotopic (exact) mass is 432 g/mol. The molecule has 4 rings (SSSR count). The molecule has 0 aliphatic carbocycles. The first kappa shape index (κ1) is 22.9. The minimum absolute atomic E-state index is 0.555. The number of rotatable bonds is 4. The molecule has 5 heteroatoms. The summed E-state index contributed by atoms with van der Waals surface area (Å²) in [6.45, 7) is 12.7. The van der Waals surface area contributed by atoms with Crippen molar-refractivity contribution in [2.45, 2.75) is 53.9 Å². The lowest BCUT2D eigenvalue weighted by atomic mass is 10.0. The van der Waals surface area contributed by atoms with Gasteiger partial charge in [0.2, 0.25) is 0 Å². The van der Waals surface area contributed by atoms with E-state index in [0.717, 1.165) is 22.1 Å². The highest BCUT2D eigenvalue weighted by atomic mass is 32.1. The van der Waals surface area contributed by atoms with Gasteiger partial charge < -0.3 is 0 Å². The number of nitrogens with zero attached hydrogens (tertiary/aromatic N) is 4. The van der Waals surface area contributed by atoms with Gasteiger partial charge in [-0.3, -0.25) is 4.68 Å². The molecular formula is C26H32N4S. The molecule has 2 heterocycles. The molecule has 0 fully saturated rings. The van der Waals surface area contributed by atoms with Crippen molar-refractivity contribution in [1.29, 1.82) is 0 Å². The van der Waals surface area contributed by atoms with Crippen LogP contribution in [-0.2, 0) is 13.5 Å². The van der Waals surface area contributed by atoms with E-state index in [0.29, 0.717) is 5.92 Å². The number of hydrogen-bond acceptors (Lipinski definition) is 4. The first-order valence-corrected chi connectivity index (χ1v) is 11.6. The van der Waals surface area contributed by atoms with E-state index in [-0.39, 0.29) is 0 Å². The molecule has 0 unspecified atom stereocenters. The van der Waals surface area contributed by atoms with Gasteiger partial charge in [0.1, 0.15) is 10.0 Å². The maximum Gasteiger partial charge on any atom is 0.147 e. The van der Waals surface area contributed by atoms with Crippen LogP contribution in [-0.4, -0.2) is 20.0 Å². The lowest BCUT2D eigenvalue weighted by Crippen LogP contribution is -1.92. The molecule has 0 aliphatic heterocycles. The van der Waals surface area contributed by atoms with Gasteiger partial charge in [-0.15, -0.1) is 10.2 Å². The second kappa shape index (κ2) is 10.0. The van der Waals surface area contributed by atoms with E-state index < -0.39 is 0 Å². The fourth-order valence-electron chi connectivity index (χ4n) is 3.58. The van der Waals surface area contributed by atoms with Crippen molar-refractivity contribution in [2.75, 3.05) is 0 Å². The molecule has 0 saturated heterocycles. The zero-order chi connectivity index (χ0) is 22.5. The van der Waals surface area contributed by atoms with Gasteiger partial charge in [0.15, 0.2) is 0 Å². The summed E-state index contributed by atoms with van der Waals surface area (Å²) in [4.78, 5) is 0. The third-order valence-corrected chi connectivity index (χ3v) is 6.35. The second-order valence-electron chi connectivity index (χ2n) is 8.13. The third-order valence-electron chi connectivity index (χ3n) is 5.46. The second-order valence-corrected chi connectivity index (χ2v) is 9.31. The Bertz CT molecular complexity index is 1150. The lowest BCUT2D eigenvalue weighted by molar-refractivity contribution is 0.731. The molecular weight excluding hydrogens is 400 g/mol. The summed E-state index contributed by atoms with van der Waals surface area (Å²) < 4.78 is 1.95. The van der Waals surface area contributed by atoms with Gasteiger partial charge in [0.25, 0.3) is 0 Å². The van der Waals surface area contributed by atoms with Crippen molar-refractivity contribution >= 4 is 11.3 Å². The Labute approximate surface area is 190 Å². The van der Waals surface area contributed by atoms with Gasteiger partial charge in [-0.25, -0.2) is 0 Å². The maximum absolute atomic E-state index is 4.46. The summed E-state index contributed by atoms with van der Waals surface area (Å²) in [7, 11) is 2.00. The van der Waals surface area contributed by atoms with Crippen LogP contribution in [0.2, 0.25) is 0 Å². The van der Waals surface area contributed by atoms with E-state index in [1.165, 1.54) is 33.5 Å². The van der Waals surface area contributed by atoms with Gasteiger partial charge in [-0.05, 0) is 55.9 Å². The highest BCUT2D eigenvalue weighted by Gasteiger charge is 2.11. The normalized spacial score (nSPS) is 10.8. The molecule has 31 heavy (non-hydrogen) atoms. The summed E-state index contributed by atoms with van der Waals surface area (Å²) in [6.07, 6.45) is 1.08. The summed E-state index contributed by atoms with van der Waals surface area (Å²) in [5.41, 5.74) is 8.78. The number of aryl methyl sites for hydroxylation is 4. The van der Waals surface area contributed by atoms with E-state index in [9.17, 15) is 0 Å². The van der Waals surface area contributed by atoms with Crippen molar-refractivity contribution in [3.8, 4) is 21.7 Å². The molecule has 0 spiro atoms. The average Bonchev–Trinajstić information content (AvgIpc) is 3.31. The molecule has 0 atom stereocenters. The minimum Gasteiger partial charge on any atom is -0.272 e. The molecule has 0 aliphatic rings. The molecule has 0 saturated carbocycles. The van der Waals surface area contributed by atoms with Crippen LogP contribution < -0.4 is 0 Å². The van der Waals surface area contributed by atoms with Crippen LogP contribution in [0.25, 0.3) is 21.7 Å². The largest absolute Gasteiger partial charge is 0.272 e. The summed E-state index contributed by atoms with van der Waals surface area (Å²) in [5.74, 6) is 0.555. The van der Waals surface area contributed by atoms with Crippen LogP contribution in [0.4, 0.5) is 0 Å². The average molecular weight is 433 g/mol. The van der Waals surface area contributed by atoms with Crippen LogP contribution in [0, 0.1) is 20.8 Å². The molecule has 2 aromatic carbocycles. The zero-order valence-electron chi connectivity index (χ0n) is 19.6. The Balaban J connectivity index is 0.000000176. The van der Waals surface area contributed by atoms with Crippen molar-refractivity contribution in [2.24, 2.45) is 7.05 Å². The predicted octanol–water partition coefficient (Wildman–Crippen LogP) is 6.90. The molecule has 0 bridgehead atoms. The van der Waals surface area contributed by atoms with Crippen molar-refractivity contribution in [3.05, 3.63) is 76.1 Å². The quantitative estimate of drug-likeness (QED) is 0.352. The van der Waals surface area contributed by atoms with Gasteiger partial charge >= 0.3 is 0 Å². The SMILES string of the molecule is CCc1cccc(-c2c(C)nn(C)c2C)c1.Cc1nnc(-c2cccc(C(C)C)c2)s1. The van der Waals surface area contributed by atoms with Crippen LogP contribution >= 0.6 is 11.3 Å². The first-order chi connectivity index (χ1) is 14.8. The molecule has 162 valence electrons. The number of benzene rings is 2. The molecule has 4 aromatic rings. The van der Waals surface area contributed by atoms with E-state index in [1.807, 2.05) is 18.7 Å². The fraction of sp³-hybridized carbons (Fsp3) is 0.346. The minimum atomic E-state index is 0.555. The zero-order valence-corrected chi connectivity index (χ0v) is 20.4. The molecule has 2 aromatic heterocycles. The fourth-order valence-corrected chi connectivity index (χ4v) is 4.27. The summed E-state index contributed by atoms with van der Waals surface area (Å²) in [6, 6.07) is 17.2. The van der Waals surface area contributed by atoms with Gasteiger partial charge in [0, 0.05) is 23.9 Å². The van der Waals surface area contributed by atoms with Gasteiger partial charge in [-0.1, -0.05) is 74.6 Å². The third kappa shape index (κ3) is 5.47. The van der Waals surface area contributed by atoms with Crippen LogP contribution in [0.3, 0.4) is 0 Å². The van der Waals surface area contributed by atoms with Crippen LogP contribution in [0.5, 0.6) is 0 Å². The van der Waals surface area contributed by atoms with Crippen molar-refractivity contribution < 1.29 is 0 Å². The summed E-state index contributed by atoms with van der Waals surface area (Å²) in [5, 5.41) is 14.7. The van der Waals surface area contributed by atoms with Crippen molar-refractivity contribution in [1.82, 2.24) is 20.0 Å². The van der Waals surface area contributed by atoms with Gasteiger partial charge in [-0.2, -0.15) is 5.10 Å². The van der Waals surface area contributed by atoms with E-state index >= 15 is 0 Å². The van der Waals surface area contributed by atoms with E-state index in [4.69, 9.17) is 0 Å². The Morgan fingerprint density at radius 2 is 1.65 bits per heavy atom. The smallest absolute Gasteiger partial charge is 0.147 e. The maximum atomic E-state index is 4.46. The summed E-state index contributed by atoms with van der Waals surface area (Å²) >= 11 is 1.64. The Morgan fingerprint density at radius 1 is 0.935 bits per heavy atom. The standard InChI is InChI=1S/C14H18N2.C12H14N2S/c1-5-12-7-6-8-13(9-12)14-10(2)15-16(4)11(14)3;1-8(2)10-5-4-6-11(7-10)12-14-13-9(3)15-12/h6-9H,5H2,1-4H3;4-8H,1-3H3. The topological polar surface area (TPSA) is 43.6 Å². The molecule has 4 nitrogen and oxygen atoms in total. The van der Waals surface area contributed by atoms with Crippen LogP contribution in [0.15, 0.2) is 48.5 Å². The predicted molar refractivity (Wildman–Crippen MR) is 132 cm³/mol. The first-order valence-electron chi connectivity index (χ1n) is 10.8. The highest BCUT2D eigenvalue weighted by molar-refractivity contribution is 7.14. The Hall–Kier alpha value is -2.79. The number of aromatic nitrogens is 4. The van der Waals surface area contributed by atoms with Gasteiger partial charge in [0.05, 0.1) is 5.69 Å². The molecule has 0 radical (unpaired) electrons. The number of hydrogen-bond donors (Lipinski definition) is 0. The Morgan fingerprint density at radius 3 is 2.23 bits per heavy atom. The van der Waals surface area contributed by atoms with E-state index in [2.05, 4.69) is 98.4 Å². The lowest BCUT2D eigenvalue weighted by Gasteiger charge is -2.05.